The fraction of sp³-hybridized carbons (Fsp3) is 0.632. The lowest BCUT2D eigenvalue weighted by Gasteiger charge is -2.38. The van der Waals surface area contributed by atoms with Gasteiger partial charge in [-0.05, 0) is 25.3 Å². The van der Waals surface area contributed by atoms with Gasteiger partial charge in [0.2, 0.25) is 15.9 Å². The van der Waals surface area contributed by atoms with Gasteiger partial charge in [-0.3, -0.25) is 9.69 Å². The molecule has 2 aliphatic heterocycles. The standard InChI is InChI=1S/C19H29N3O3S/c1-16-5-7-17(8-6-16)14-20-10-12-21(13-11-20)19(23)18-4-3-9-22(15-18)26(2,24)25/h5-8,18H,3-4,9-15H2,1-2H3/t18-/m0/s1. The minimum atomic E-state index is -3.22. The third kappa shape index (κ3) is 4.84. The third-order valence-electron chi connectivity index (χ3n) is 5.41. The van der Waals surface area contributed by atoms with E-state index in [1.54, 1.807) is 0 Å². The minimum Gasteiger partial charge on any atom is -0.340 e. The second kappa shape index (κ2) is 8.06. The first-order chi connectivity index (χ1) is 12.3. The van der Waals surface area contributed by atoms with Gasteiger partial charge in [-0.25, -0.2) is 12.7 Å². The average molecular weight is 380 g/mol. The molecule has 1 aromatic carbocycles. The summed E-state index contributed by atoms with van der Waals surface area (Å²) in [7, 11) is -3.22. The van der Waals surface area contributed by atoms with E-state index in [1.165, 1.54) is 21.7 Å². The third-order valence-corrected chi connectivity index (χ3v) is 6.68. The second-order valence-electron chi connectivity index (χ2n) is 7.55. The van der Waals surface area contributed by atoms with E-state index in [2.05, 4.69) is 36.1 Å². The second-order valence-corrected chi connectivity index (χ2v) is 9.53. The van der Waals surface area contributed by atoms with Crippen LogP contribution in [0.5, 0.6) is 0 Å². The van der Waals surface area contributed by atoms with E-state index in [4.69, 9.17) is 0 Å². The van der Waals surface area contributed by atoms with Crippen LogP contribution >= 0.6 is 0 Å². The maximum atomic E-state index is 12.8. The predicted molar refractivity (Wildman–Crippen MR) is 102 cm³/mol. The van der Waals surface area contributed by atoms with Gasteiger partial charge in [0.1, 0.15) is 0 Å². The Hall–Kier alpha value is -1.44. The van der Waals surface area contributed by atoms with E-state index in [9.17, 15) is 13.2 Å². The summed E-state index contributed by atoms with van der Waals surface area (Å²) in [5, 5.41) is 0. The molecule has 0 aliphatic carbocycles. The van der Waals surface area contributed by atoms with E-state index in [0.29, 0.717) is 13.1 Å². The Morgan fingerprint density at radius 1 is 1.08 bits per heavy atom. The van der Waals surface area contributed by atoms with Crippen LogP contribution in [0.25, 0.3) is 0 Å². The lowest BCUT2D eigenvalue weighted by Crippen LogP contribution is -2.52. The van der Waals surface area contributed by atoms with Crippen LogP contribution < -0.4 is 0 Å². The molecule has 1 aromatic rings. The predicted octanol–water partition coefficient (Wildman–Crippen LogP) is 1.31. The molecule has 3 rings (SSSR count). The number of amides is 1. The fourth-order valence-electron chi connectivity index (χ4n) is 3.78. The molecule has 1 atom stereocenters. The van der Waals surface area contributed by atoms with Gasteiger partial charge < -0.3 is 4.90 Å². The number of hydrogen-bond acceptors (Lipinski definition) is 4. The Kier molecular flexibility index (Phi) is 5.99. The number of carbonyl (C=O) groups excluding carboxylic acids is 1. The highest BCUT2D eigenvalue weighted by molar-refractivity contribution is 7.88. The molecule has 2 fully saturated rings. The van der Waals surface area contributed by atoms with Crippen LogP contribution in [0.2, 0.25) is 0 Å². The van der Waals surface area contributed by atoms with Crippen molar-refractivity contribution in [2.24, 2.45) is 5.92 Å². The maximum Gasteiger partial charge on any atom is 0.227 e. The van der Waals surface area contributed by atoms with Gasteiger partial charge in [0.25, 0.3) is 0 Å². The Morgan fingerprint density at radius 2 is 1.73 bits per heavy atom. The number of sulfonamides is 1. The van der Waals surface area contributed by atoms with Crippen molar-refractivity contribution < 1.29 is 13.2 Å². The molecule has 6 nitrogen and oxygen atoms in total. The van der Waals surface area contributed by atoms with Gasteiger partial charge in [0.05, 0.1) is 12.2 Å². The summed E-state index contributed by atoms with van der Waals surface area (Å²) >= 11 is 0. The summed E-state index contributed by atoms with van der Waals surface area (Å²) in [6, 6.07) is 8.58. The smallest absolute Gasteiger partial charge is 0.227 e. The summed E-state index contributed by atoms with van der Waals surface area (Å²) in [6.07, 6.45) is 2.77. The van der Waals surface area contributed by atoms with Crippen molar-refractivity contribution in [3.8, 4) is 0 Å². The molecule has 0 unspecified atom stereocenters. The number of hydrogen-bond donors (Lipinski definition) is 0. The molecule has 0 saturated carbocycles. The van der Waals surface area contributed by atoms with Crippen LogP contribution in [0, 0.1) is 12.8 Å². The Balaban J connectivity index is 1.51. The molecule has 26 heavy (non-hydrogen) atoms. The lowest BCUT2D eigenvalue weighted by atomic mass is 9.97. The van der Waals surface area contributed by atoms with Crippen molar-refractivity contribution in [3.05, 3.63) is 35.4 Å². The molecule has 0 spiro atoms. The van der Waals surface area contributed by atoms with Crippen molar-refractivity contribution in [2.45, 2.75) is 26.3 Å². The summed E-state index contributed by atoms with van der Waals surface area (Å²) < 4.78 is 25.0. The topological polar surface area (TPSA) is 60.9 Å². The number of rotatable bonds is 4. The lowest BCUT2D eigenvalue weighted by molar-refractivity contribution is -0.138. The zero-order valence-corrected chi connectivity index (χ0v) is 16.5. The number of piperazine rings is 1. The van der Waals surface area contributed by atoms with Crippen molar-refractivity contribution >= 4 is 15.9 Å². The van der Waals surface area contributed by atoms with Gasteiger partial charge in [0.15, 0.2) is 0 Å². The van der Waals surface area contributed by atoms with Crippen LogP contribution in [0.3, 0.4) is 0 Å². The highest BCUT2D eigenvalue weighted by Crippen LogP contribution is 2.21. The zero-order chi connectivity index (χ0) is 18.7. The molecule has 2 saturated heterocycles. The number of benzene rings is 1. The van der Waals surface area contributed by atoms with Gasteiger partial charge in [-0.15, -0.1) is 0 Å². The van der Waals surface area contributed by atoms with Crippen molar-refractivity contribution in [1.29, 1.82) is 0 Å². The Morgan fingerprint density at radius 3 is 2.35 bits per heavy atom. The highest BCUT2D eigenvalue weighted by Gasteiger charge is 2.33. The monoisotopic (exact) mass is 379 g/mol. The van der Waals surface area contributed by atoms with Crippen molar-refractivity contribution in [3.63, 3.8) is 0 Å². The molecule has 2 heterocycles. The van der Waals surface area contributed by atoms with Crippen molar-refractivity contribution in [1.82, 2.24) is 14.1 Å². The Bertz CT molecular complexity index is 725. The molecule has 144 valence electrons. The van der Waals surface area contributed by atoms with Gasteiger partial charge in [-0.2, -0.15) is 0 Å². The molecule has 0 radical (unpaired) electrons. The number of nitrogens with zero attached hydrogens (tertiary/aromatic N) is 3. The van der Waals surface area contributed by atoms with Crippen LogP contribution in [-0.2, 0) is 21.4 Å². The van der Waals surface area contributed by atoms with Crippen LogP contribution in [0.4, 0.5) is 0 Å². The summed E-state index contributed by atoms with van der Waals surface area (Å²) in [6.45, 7) is 7.04. The van der Waals surface area contributed by atoms with Crippen molar-refractivity contribution in [2.75, 3.05) is 45.5 Å². The Labute approximate surface area is 156 Å². The molecule has 2 aliphatic rings. The first-order valence-corrected chi connectivity index (χ1v) is 11.2. The van der Waals surface area contributed by atoms with E-state index in [0.717, 1.165) is 45.6 Å². The maximum absolute atomic E-state index is 12.8. The molecule has 1 amide bonds. The van der Waals surface area contributed by atoms with E-state index < -0.39 is 10.0 Å². The van der Waals surface area contributed by atoms with Crippen LogP contribution in [0.15, 0.2) is 24.3 Å². The molecular formula is C19H29N3O3S. The van der Waals surface area contributed by atoms with Crippen LogP contribution in [-0.4, -0.2) is 74.0 Å². The van der Waals surface area contributed by atoms with Gasteiger partial charge in [0, 0.05) is 45.8 Å². The minimum absolute atomic E-state index is 0.119. The molecule has 0 bridgehead atoms. The van der Waals surface area contributed by atoms with Crippen LogP contribution in [0.1, 0.15) is 24.0 Å². The number of piperidine rings is 1. The van der Waals surface area contributed by atoms with E-state index >= 15 is 0 Å². The summed E-state index contributed by atoms with van der Waals surface area (Å²) in [5.41, 5.74) is 2.56. The van der Waals surface area contributed by atoms with E-state index in [-0.39, 0.29) is 11.8 Å². The number of aryl methyl sites for hydroxylation is 1. The van der Waals surface area contributed by atoms with E-state index in [1.807, 2.05) is 4.90 Å². The largest absolute Gasteiger partial charge is 0.340 e. The summed E-state index contributed by atoms with van der Waals surface area (Å²) in [5.74, 6) is -0.0736. The molecule has 0 N–H and O–H groups in total. The first kappa shape index (κ1) is 19.3. The molecule has 7 heteroatoms. The van der Waals surface area contributed by atoms with Gasteiger partial charge >= 0.3 is 0 Å². The quantitative estimate of drug-likeness (QED) is 0.791. The molecule has 0 aromatic heterocycles. The normalized spacial score (nSPS) is 23.2. The summed E-state index contributed by atoms with van der Waals surface area (Å²) in [4.78, 5) is 17.1. The highest BCUT2D eigenvalue weighted by atomic mass is 32.2. The zero-order valence-electron chi connectivity index (χ0n) is 15.7. The van der Waals surface area contributed by atoms with Gasteiger partial charge in [-0.1, -0.05) is 29.8 Å². The fourth-order valence-corrected chi connectivity index (χ4v) is 4.69. The first-order valence-electron chi connectivity index (χ1n) is 9.35. The number of carbonyl (C=O) groups is 1. The average Bonchev–Trinajstić information content (AvgIpc) is 2.63. The molecular weight excluding hydrogens is 350 g/mol. The SMILES string of the molecule is Cc1ccc(CN2CCN(C(=O)[C@H]3CCCN(S(C)(=O)=O)C3)CC2)cc1.